The Kier molecular flexibility index (Phi) is 5.71. The van der Waals surface area contributed by atoms with Crippen molar-refractivity contribution in [2.45, 2.75) is 25.5 Å². The SMILES string of the molecule is CC(=NNC(=O)CC1SC(=O)N(c2ccc(C)cc2)C1=O)c1ccccc1. The molecule has 2 aromatic rings. The molecule has 1 unspecified atom stereocenters. The average molecular weight is 381 g/mol. The highest BCUT2D eigenvalue weighted by molar-refractivity contribution is 8.15. The predicted molar refractivity (Wildman–Crippen MR) is 107 cm³/mol. The first-order valence-electron chi connectivity index (χ1n) is 8.45. The molecular weight excluding hydrogens is 362 g/mol. The van der Waals surface area contributed by atoms with Crippen LogP contribution in [-0.2, 0) is 9.59 Å². The van der Waals surface area contributed by atoms with Gasteiger partial charge in [0.2, 0.25) is 11.8 Å². The molecule has 6 nitrogen and oxygen atoms in total. The molecule has 1 fully saturated rings. The van der Waals surface area contributed by atoms with E-state index in [2.05, 4.69) is 10.5 Å². The van der Waals surface area contributed by atoms with Crippen LogP contribution in [0.2, 0.25) is 0 Å². The number of hydrogen-bond donors (Lipinski definition) is 1. The summed E-state index contributed by atoms with van der Waals surface area (Å²) in [6.45, 7) is 3.71. The molecule has 1 N–H and O–H groups in total. The van der Waals surface area contributed by atoms with Crippen molar-refractivity contribution in [2.24, 2.45) is 5.10 Å². The average Bonchev–Trinajstić information content (AvgIpc) is 2.94. The smallest absolute Gasteiger partial charge is 0.273 e. The number of hydrazone groups is 1. The summed E-state index contributed by atoms with van der Waals surface area (Å²) in [5, 5.41) is 2.95. The maximum atomic E-state index is 12.6. The summed E-state index contributed by atoms with van der Waals surface area (Å²) in [7, 11) is 0. The second-order valence-electron chi connectivity index (χ2n) is 6.18. The number of nitrogens with one attached hydrogen (secondary N) is 1. The largest absolute Gasteiger partial charge is 0.293 e. The van der Waals surface area contributed by atoms with E-state index in [0.29, 0.717) is 11.4 Å². The van der Waals surface area contributed by atoms with Crippen molar-refractivity contribution < 1.29 is 14.4 Å². The zero-order chi connectivity index (χ0) is 19.4. The van der Waals surface area contributed by atoms with Gasteiger partial charge < -0.3 is 0 Å². The third kappa shape index (κ3) is 4.43. The van der Waals surface area contributed by atoms with E-state index >= 15 is 0 Å². The number of amides is 3. The van der Waals surface area contributed by atoms with Crippen LogP contribution in [0.3, 0.4) is 0 Å². The van der Waals surface area contributed by atoms with Crippen LogP contribution in [0.25, 0.3) is 0 Å². The lowest BCUT2D eigenvalue weighted by atomic mass is 10.1. The Morgan fingerprint density at radius 1 is 1.11 bits per heavy atom. The molecular formula is C20H19N3O3S. The molecule has 0 aromatic heterocycles. The Morgan fingerprint density at radius 3 is 2.44 bits per heavy atom. The Hall–Kier alpha value is -2.93. The minimum Gasteiger partial charge on any atom is -0.273 e. The van der Waals surface area contributed by atoms with Crippen LogP contribution >= 0.6 is 11.8 Å². The van der Waals surface area contributed by atoms with Gasteiger partial charge in [-0.15, -0.1) is 0 Å². The number of carbonyl (C=O) groups is 3. The summed E-state index contributed by atoms with van der Waals surface area (Å²) in [5.41, 5.74) is 5.56. The third-order valence-electron chi connectivity index (χ3n) is 4.12. The highest BCUT2D eigenvalue weighted by atomic mass is 32.2. The fourth-order valence-corrected chi connectivity index (χ4v) is 3.60. The summed E-state index contributed by atoms with van der Waals surface area (Å²) >= 11 is 0.868. The standard InChI is InChI=1S/C20H19N3O3S/c1-13-8-10-16(11-9-13)23-19(25)17(27-20(23)26)12-18(24)22-21-14(2)15-6-4-3-5-7-15/h3-11,17H,12H2,1-2H3,(H,22,24). The lowest BCUT2D eigenvalue weighted by molar-refractivity contribution is -0.124. The molecule has 1 aliphatic rings. The van der Waals surface area contributed by atoms with E-state index < -0.39 is 11.2 Å². The molecule has 0 radical (unpaired) electrons. The van der Waals surface area contributed by atoms with Gasteiger partial charge >= 0.3 is 0 Å². The van der Waals surface area contributed by atoms with E-state index in [1.54, 1.807) is 19.1 Å². The van der Waals surface area contributed by atoms with Crippen LogP contribution in [0, 0.1) is 6.92 Å². The van der Waals surface area contributed by atoms with E-state index in [9.17, 15) is 14.4 Å². The number of hydrogen-bond acceptors (Lipinski definition) is 5. The van der Waals surface area contributed by atoms with Crippen LogP contribution in [0.5, 0.6) is 0 Å². The van der Waals surface area contributed by atoms with Crippen molar-refractivity contribution in [2.75, 3.05) is 4.90 Å². The molecule has 0 saturated carbocycles. The van der Waals surface area contributed by atoms with Gasteiger partial charge in [-0.3, -0.25) is 14.4 Å². The van der Waals surface area contributed by atoms with Crippen LogP contribution < -0.4 is 10.3 Å². The molecule has 3 rings (SSSR count). The van der Waals surface area contributed by atoms with Crippen molar-refractivity contribution >= 4 is 40.2 Å². The second kappa shape index (κ2) is 8.18. The maximum Gasteiger partial charge on any atom is 0.293 e. The number of anilines is 1. The minimum atomic E-state index is -0.744. The number of carbonyl (C=O) groups excluding carboxylic acids is 3. The maximum absolute atomic E-state index is 12.6. The first-order chi connectivity index (χ1) is 13.0. The lowest BCUT2D eigenvalue weighted by Crippen LogP contribution is -2.33. The number of aryl methyl sites for hydroxylation is 1. The molecule has 7 heteroatoms. The second-order valence-corrected chi connectivity index (χ2v) is 7.34. The third-order valence-corrected chi connectivity index (χ3v) is 5.16. The van der Waals surface area contributed by atoms with Gasteiger partial charge in [-0.05, 0) is 43.3 Å². The summed E-state index contributed by atoms with van der Waals surface area (Å²) in [4.78, 5) is 38.1. The Balaban J connectivity index is 1.62. The van der Waals surface area contributed by atoms with Crippen LogP contribution in [-0.4, -0.2) is 28.0 Å². The molecule has 0 spiro atoms. The Labute approximate surface area is 161 Å². The molecule has 2 aromatic carbocycles. The zero-order valence-electron chi connectivity index (χ0n) is 15.0. The monoisotopic (exact) mass is 381 g/mol. The normalized spacial score (nSPS) is 17.3. The van der Waals surface area contributed by atoms with Crippen molar-refractivity contribution in [3.8, 4) is 0 Å². The number of imide groups is 1. The molecule has 3 amide bonds. The van der Waals surface area contributed by atoms with E-state index in [-0.39, 0.29) is 17.6 Å². The van der Waals surface area contributed by atoms with Crippen molar-refractivity contribution in [1.29, 1.82) is 0 Å². The van der Waals surface area contributed by atoms with E-state index in [0.717, 1.165) is 27.8 Å². The summed E-state index contributed by atoms with van der Waals surface area (Å²) in [5.74, 6) is -0.789. The fourth-order valence-electron chi connectivity index (χ4n) is 2.62. The number of nitrogens with zero attached hydrogens (tertiary/aromatic N) is 2. The van der Waals surface area contributed by atoms with Crippen molar-refractivity contribution in [1.82, 2.24) is 5.43 Å². The minimum absolute atomic E-state index is 0.108. The van der Waals surface area contributed by atoms with Gasteiger partial charge in [0.25, 0.3) is 5.24 Å². The highest BCUT2D eigenvalue weighted by Crippen LogP contribution is 2.33. The summed E-state index contributed by atoms with van der Waals surface area (Å²) in [6.07, 6.45) is -0.108. The first kappa shape index (κ1) is 18.8. The summed E-state index contributed by atoms with van der Waals surface area (Å²) < 4.78 is 0. The van der Waals surface area contributed by atoms with Crippen LogP contribution in [0.4, 0.5) is 10.5 Å². The lowest BCUT2D eigenvalue weighted by Gasteiger charge is -2.13. The quantitative estimate of drug-likeness (QED) is 0.635. The van der Waals surface area contributed by atoms with E-state index in [4.69, 9.17) is 0 Å². The van der Waals surface area contributed by atoms with Crippen LogP contribution in [0.15, 0.2) is 59.7 Å². The van der Waals surface area contributed by atoms with Crippen molar-refractivity contribution in [3.63, 3.8) is 0 Å². The van der Waals surface area contributed by atoms with Gasteiger partial charge in [0.1, 0.15) is 5.25 Å². The highest BCUT2D eigenvalue weighted by Gasteiger charge is 2.41. The topological polar surface area (TPSA) is 78.8 Å². The fraction of sp³-hybridized carbons (Fsp3) is 0.200. The molecule has 1 saturated heterocycles. The molecule has 0 bridgehead atoms. The van der Waals surface area contributed by atoms with Crippen LogP contribution in [0.1, 0.15) is 24.5 Å². The predicted octanol–water partition coefficient (Wildman–Crippen LogP) is 3.49. The van der Waals surface area contributed by atoms with Gasteiger partial charge in [-0.25, -0.2) is 10.3 Å². The Bertz CT molecular complexity index is 894. The number of rotatable bonds is 5. The number of benzene rings is 2. The van der Waals surface area contributed by atoms with E-state index in [1.165, 1.54) is 0 Å². The van der Waals surface area contributed by atoms with Gasteiger partial charge in [-0.1, -0.05) is 48.0 Å². The molecule has 1 aliphatic heterocycles. The number of thioether (sulfide) groups is 1. The van der Waals surface area contributed by atoms with E-state index in [1.807, 2.05) is 49.4 Å². The molecule has 27 heavy (non-hydrogen) atoms. The van der Waals surface area contributed by atoms with Gasteiger partial charge in [0.15, 0.2) is 0 Å². The van der Waals surface area contributed by atoms with Gasteiger partial charge in [0.05, 0.1) is 11.4 Å². The van der Waals surface area contributed by atoms with Crippen molar-refractivity contribution in [3.05, 3.63) is 65.7 Å². The molecule has 138 valence electrons. The first-order valence-corrected chi connectivity index (χ1v) is 9.33. The van der Waals surface area contributed by atoms with Gasteiger partial charge in [-0.2, -0.15) is 5.10 Å². The molecule has 1 atom stereocenters. The molecule has 0 aliphatic carbocycles. The Morgan fingerprint density at radius 2 is 1.78 bits per heavy atom. The van der Waals surface area contributed by atoms with Gasteiger partial charge in [0, 0.05) is 6.42 Å². The molecule has 1 heterocycles. The zero-order valence-corrected chi connectivity index (χ0v) is 15.8. The summed E-state index contributed by atoms with van der Waals surface area (Å²) in [6, 6.07) is 16.6.